The lowest BCUT2D eigenvalue weighted by Crippen LogP contribution is -2.37. The van der Waals surface area contributed by atoms with E-state index in [1.54, 1.807) is 13.8 Å². The van der Waals surface area contributed by atoms with Gasteiger partial charge in [-0.2, -0.15) is 0 Å². The molecule has 0 aromatic heterocycles. The summed E-state index contributed by atoms with van der Waals surface area (Å²) in [5.41, 5.74) is -0.564. The summed E-state index contributed by atoms with van der Waals surface area (Å²) in [7, 11) is 0. The van der Waals surface area contributed by atoms with Gasteiger partial charge in [-0.05, 0) is 26.2 Å². The maximum Gasteiger partial charge on any atom is 0.408 e. The van der Waals surface area contributed by atoms with Crippen LogP contribution in [0.5, 0.6) is 0 Å². The summed E-state index contributed by atoms with van der Waals surface area (Å²) in [5, 5.41) is 3.02. The smallest absolute Gasteiger partial charge is 0.408 e. The van der Waals surface area contributed by atoms with Crippen molar-refractivity contribution in [1.29, 1.82) is 0 Å². The molecule has 0 atom stereocenters. The number of carbonyl (C=O) groups excluding carboxylic acids is 2. The highest BCUT2D eigenvalue weighted by Gasteiger charge is 2.21. The summed E-state index contributed by atoms with van der Waals surface area (Å²) in [6, 6.07) is 0. The fourth-order valence-corrected chi connectivity index (χ4v) is 1.14. The molecule has 1 amide bonds. The fourth-order valence-electron chi connectivity index (χ4n) is 1.02. The molecular formula is C12H22BrNO3. The highest BCUT2D eigenvalue weighted by molar-refractivity contribution is 9.09. The van der Waals surface area contributed by atoms with Crippen molar-refractivity contribution >= 4 is 27.8 Å². The van der Waals surface area contributed by atoms with Crippen LogP contribution in [0.15, 0.2) is 0 Å². The largest absolute Gasteiger partial charge is 0.443 e. The monoisotopic (exact) mass is 307 g/mol. The number of carbonyl (C=O) groups is 2. The van der Waals surface area contributed by atoms with Crippen molar-refractivity contribution in [2.75, 3.05) is 11.9 Å². The minimum absolute atomic E-state index is 0.0345. The van der Waals surface area contributed by atoms with Gasteiger partial charge in [0.2, 0.25) is 0 Å². The van der Waals surface area contributed by atoms with Crippen LogP contribution in [0.3, 0.4) is 0 Å². The van der Waals surface area contributed by atoms with E-state index in [1.807, 2.05) is 0 Å². The Morgan fingerprint density at radius 2 is 1.94 bits per heavy atom. The van der Waals surface area contributed by atoms with Crippen LogP contribution in [0.2, 0.25) is 0 Å². The molecule has 0 saturated heterocycles. The molecule has 0 aromatic carbocycles. The van der Waals surface area contributed by atoms with E-state index in [0.29, 0.717) is 17.7 Å². The van der Waals surface area contributed by atoms with Gasteiger partial charge >= 0.3 is 6.09 Å². The van der Waals surface area contributed by atoms with E-state index in [4.69, 9.17) is 4.74 Å². The van der Waals surface area contributed by atoms with Crippen LogP contribution in [0.1, 0.15) is 40.5 Å². The highest BCUT2D eigenvalue weighted by atomic mass is 79.9. The molecule has 0 bridgehead atoms. The fraction of sp³-hybridized carbons (Fsp3) is 0.833. The molecule has 0 spiro atoms. The number of halogens is 1. The molecule has 0 fully saturated rings. The van der Waals surface area contributed by atoms with E-state index >= 15 is 0 Å². The Kier molecular flexibility index (Phi) is 7.43. The van der Waals surface area contributed by atoms with Crippen LogP contribution in [-0.2, 0) is 9.53 Å². The lowest BCUT2D eigenvalue weighted by atomic mass is 10.1. The van der Waals surface area contributed by atoms with Crippen molar-refractivity contribution in [2.45, 2.75) is 46.1 Å². The van der Waals surface area contributed by atoms with Crippen molar-refractivity contribution in [1.82, 2.24) is 5.32 Å². The molecule has 5 heteroatoms. The summed E-state index contributed by atoms with van der Waals surface area (Å²) in [6.45, 7) is 7.76. The van der Waals surface area contributed by atoms with Crippen LogP contribution in [-0.4, -0.2) is 29.4 Å². The van der Waals surface area contributed by atoms with E-state index in [9.17, 15) is 9.59 Å². The Bertz CT molecular complexity index is 264. The number of rotatable bonds is 7. The number of Topliss-reactive ketones (excluding diaryl/α,β-unsaturated/α-hetero) is 1. The second-order valence-corrected chi connectivity index (χ2v) is 5.67. The van der Waals surface area contributed by atoms with Gasteiger partial charge in [-0.3, -0.25) is 4.79 Å². The summed E-state index contributed by atoms with van der Waals surface area (Å²) in [6.07, 6.45) is 0.801. The number of hydrogen-bond donors (Lipinski definition) is 1. The lowest BCUT2D eigenvalue weighted by molar-refractivity contribution is -0.118. The maximum absolute atomic E-state index is 11.4. The molecule has 0 radical (unpaired) electrons. The molecule has 0 aliphatic rings. The highest BCUT2D eigenvalue weighted by Crippen LogP contribution is 2.12. The van der Waals surface area contributed by atoms with Crippen molar-refractivity contribution < 1.29 is 14.3 Å². The Labute approximate surface area is 112 Å². The molecule has 1 N–H and O–H groups in total. The molecule has 0 aromatic rings. The molecule has 17 heavy (non-hydrogen) atoms. The van der Waals surface area contributed by atoms with Gasteiger partial charge in [-0.1, -0.05) is 29.8 Å². The number of nitrogens with one attached hydrogen (secondary N) is 1. The summed E-state index contributed by atoms with van der Waals surface area (Å²) in [4.78, 5) is 22.8. The zero-order valence-corrected chi connectivity index (χ0v) is 12.6. The van der Waals surface area contributed by atoms with Gasteiger partial charge < -0.3 is 10.1 Å². The molecule has 0 saturated carbocycles. The number of hydrogen-bond acceptors (Lipinski definition) is 3. The number of ether oxygens (including phenoxy) is 1. The van der Waals surface area contributed by atoms with Crippen LogP contribution in [0.25, 0.3) is 0 Å². The normalized spacial score (nSPS) is 11.4. The zero-order valence-electron chi connectivity index (χ0n) is 11.0. The predicted octanol–water partition coefficient (Wildman–Crippen LogP) is 2.89. The number of ketones is 1. The second kappa shape index (κ2) is 7.69. The average Bonchev–Trinajstić information content (AvgIpc) is 2.23. The Hall–Kier alpha value is -0.580. The third-order valence-corrected chi connectivity index (χ3v) is 3.47. The van der Waals surface area contributed by atoms with Crippen molar-refractivity contribution in [3.63, 3.8) is 0 Å². The molecule has 0 aliphatic carbocycles. The second-order valence-electron chi connectivity index (χ2n) is 5.11. The molecule has 4 nitrogen and oxygen atoms in total. The van der Waals surface area contributed by atoms with Gasteiger partial charge in [0.05, 0.1) is 6.54 Å². The van der Waals surface area contributed by atoms with E-state index in [2.05, 4.69) is 35.1 Å². The van der Waals surface area contributed by atoms with Crippen molar-refractivity contribution in [2.24, 2.45) is 5.92 Å². The minimum Gasteiger partial charge on any atom is -0.443 e. The lowest BCUT2D eigenvalue weighted by Gasteiger charge is -2.22. The summed E-state index contributed by atoms with van der Waals surface area (Å²) < 4.78 is 5.11. The van der Waals surface area contributed by atoms with Crippen LogP contribution >= 0.6 is 15.9 Å². The molecule has 0 rings (SSSR count). The van der Waals surface area contributed by atoms with Gasteiger partial charge in [0.1, 0.15) is 5.60 Å². The topological polar surface area (TPSA) is 55.4 Å². The van der Waals surface area contributed by atoms with E-state index in [0.717, 1.165) is 6.42 Å². The van der Waals surface area contributed by atoms with E-state index in [1.165, 1.54) is 0 Å². The number of amides is 1. The SMILES string of the molecule is CC(C)CCC(=O)CNC(=O)OC(C)(C)CBr. The third kappa shape index (κ3) is 9.15. The number of alkyl carbamates (subject to hydrolysis) is 1. The first-order chi connectivity index (χ1) is 7.76. The van der Waals surface area contributed by atoms with Crippen LogP contribution < -0.4 is 5.32 Å². The average molecular weight is 308 g/mol. The third-order valence-electron chi connectivity index (χ3n) is 2.12. The minimum atomic E-state index is -0.564. The Morgan fingerprint density at radius 3 is 2.41 bits per heavy atom. The first kappa shape index (κ1) is 16.4. The molecular weight excluding hydrogens is 286 g/mol. The maximum atomic E-state index is 11.4. The Balaban J connectivity index is 3.81. The summed E-state index contributed by atoms with van der Waals surface area (Å²) >= 11 is 3.25. The quantitative estimate of drug-likeness (QED) is 0.736. The predicted molar refractivity (Wildman–Crippen MR) is 71.4 cm³/mol. The van der Waals surface area contributed by atoms with Gasteiger partial charge in [0.25, 0.3) is 0 Å². The van der Waals surface area contributed by atoms with Gasteiger partial charge in [-0.15, -0.1) is 0 Å². The van der Waals surface area contributed by atoms with E-state index in [-0.39, 0.29) is 12.3 Å². The van der Waals surface area contributed by atoms with Gasteiger partial charge in [-0.25, -0.2) is 4.79 Å². The Morgan fingerprint density at radius 1 is 1.35 bits per heavy atom. The summed E-state index contributed by atoms with van der Waals surface area (Å²) in [5.74, 6) is 0.533. The molecule has 0 unspecified atom stereocenters. The molecule has 0 aliphatic heterocycles. The zero-order chi connectivity index (χ0) is 13.5. The van der Waals surface area contributed by atoms with Gasteiger partial charge in [0, 0.05) is 11.8 Å². The van der Waals surface area contributed by atoms with Gasteiger partial charge in [0.15, 0.2) is 5.78 Å². The van der Waals surface area contributed by atoms with Crippen LogP contribution in [0.4, 0.5) is 4.79 Å². The van der Waals surface area contributed by atoms with Crippen molar-refractivity contribution in [3.8, 4) is 0 Å². The van der Waals surface area contributed by atoms with Crippen molar-refractivity contribution in [3.05, 3.63) is 0 Å². The standard InChI is InChI=1S/C12H22BrNO3/c1-9(2)5-6-10(15)7-14-11(16)17-12(3,4)8-13/h9H,5-8H2,1-4H3,(H,14,16). The molecule has 100 valence electrons. The van der Waals surface area contributed by atoms with Crippen LogP contribution in [0, 0.1) is 5.92 Å². The molecule has 0 heterocycles. The van der Waals surface area contributed by atoms with E-state index < -0.39 is 11.7 Å². The number of alkyl halides is 1. The first-order valence-corrected chi connectivity index (χ1v) is 6.93. The first-order valence-electron chi connectivity index (χ1n) is 5.81.